The Labute approximate surface area is 196 Å². The van der Waals surface area contributed by atoms with Gasteiger partial charge in [0.1, 0.15) is 6.61 Å². The number of hydrogen-bond acceptors (Lipinski definition) is 3. The van der Waals surface area contributed by atoms with E-state index in [1.54, 1.807) is 12.1 Å². The molecular weight excluding hydrogens is 485 g/mol. The van der Waals surface area contributed by atoms with Gasteiger partial charge in [0.15, 0.2) is 11.5 Å². The zero-order valence-corrected chi connectivity index (χ0v) is 20.3. The van der Waals surface area contributed by atoms with Crippen LogP contribution < -0.4 is 14.8 Å². The zero-order chi connectivity index (χ0) is 21.7. The van der Waals surface area contributed by atoms with Gasteiger partial charge in [0.2, 0.25) is 0 Å². The zero-order valence-electron chi connectivity index (χ0n) is 17.2. The Hall–Kier alpha value is -1.88. The fourth-order valence-corrected chi connectivity index (χ4v) is 4.12. The molecule has 0 aromatic heterocycles. The number of hydrogen-bond donors (Lipinski definition) is 1. The van der Waals surface area contributed by atoms with Crippen molar-refractivity contribution in [2.45, 2.75) is 33.9 Å². The molecule has 0 amide bonds. The largest absolute Gasteiger partial charge is 0.490 e. The van der Waals surface area contributed by atoms with Crippen molar-refractivity contribution in [2.24, 2.45) is 0 Å². The van der Waals surface area contributed by atoms with Gasteiger partial charge in [0.05, 0.1) is 11.1 Å². The topological polar surface area (TPSA) is 30.5 Å². The van der Waals surface area contributed by atoms with Crippen molar-refractivity contribution in [3.63, 3.8) is 0 Å². The minimum absolute atomic E-state index is 0.314. The lowest BCUT2D eigenvalue weighted by molar-refractivity contribution is 0.267. The third kappa shape index (κ3) is 5.63. The Morgan fingerprint density at radius 3 is 2.53 bits per heavy atom. The second-order valence-corrected chi connectivity index (χ2v) is 8.66. The lowest BCUT2D eigenvalue weighted by atomic mass is 10.1. The summed E-state index contributed by atoms with van der Waals surface area (Å²) in [4.78, 5) is 0. The number of nitrogens with one attached hydrogen (secondary N) is 1. The van der Waals surface area contributed by atoms with Gasteiger partial charge in [0.25, 0.3) is 0 Å². The first kappa shape index (κ1) is 22.8. The summed E-state index contributed by atoms with van der Waals surface area (Å²) in [5.41, 5.74) is 5.59. The monoisotopic (exact) mass is 507 g/mol. The fourth-order valence-electron chi connectivity index (χ4n) is 3.06. The summed E-state index contributed by atoms with van der Waals surface area (Å²) in [6.45, 7) is 7.72. The third-order valence-electron chi connectivity index (χ3n) is 4.84. The summed E-state index contributed by atoms with van der Waals surface area (Å²) < 4.78 is 12.7. The highest BCUT2D eigenvalue weighted by atomic mass is 79.9. The normalized spacial score (nSPS) is 10.7. The molecule has 3 rings (SSSR count). The predicted octanol–water partition coefficient (Wildman–Crippen LogP) is 7.96. The molecule has 0 fully saturated rings. The van der Waals surface area contributed by atoms with Crippen LogP contribution in [0.15, 0.2) is 53.0 Å². The average molecular weight is 509 g/mol. The molecule has 6 heteroatoms. The highest BCUT2D eigenvalue weighted by molar-refractivity contribution is 9.10. The van der Waals surface area contributed by atoms with E-state index in [1.165, 1.54) is 11.1 Å². The van der Waals surface area contributed by atoms with Gasteiger partial charge in [-0.3, -0.25) is 0 Å². The molecule has 0 aliphatic heterocycles. The maximum absolute atomic E-state index is 6.27. The first-order chi connectivity index (χ1) is 14.4. The van der Waals surface area contributed by atoms with Crippen LogP contribution in [0.2, 0.25) is 10.0 Å². The van der Waals surface area contributed by atoms with E-state index in [0.717, 1.165) is 21.3 Å². The second-order valence-electron chi connectivity index (χ2n) is 6.96. The summed E-state index contributed by atoms with van der Waals surface area (Å²) in [5.74, 6) is 1.34. The fraction of sp³-hybridized carbons (Fsp3) is 0.250. The van der Waals surface area contributed by atoms with Crippen molar-refractivity contribution in [1.82, 2.24) is 0 Å². The number of aryl methyl sites for hydroxylation is 1. The van der Waals surface area contributed by atoms with Crippen LogP contribution in [0.4, 0.5) is 5.69 Å². The van der Waals surface area contributed by atoms with Crippen molar-refractivity contribution in [1.29, 1.82) is 0 Å². The summed E-state index contributed by atoms with van der Waals surface area (Å²) >= 11 is 15.9. The molecule has 3 aromatic rings. The molecule has 0 bridgehead atoms. The number of rotatable bonds is 8. The molecule has 3 nitrogen and oxygen atoms in total. The number of benzene rings is 3. The summed E-state index contributed by atoms with van der Waals surface area (Å²) in [7, 11) is 0. The molecule has 0 aliphatic rings. The van der Waals surface area contributed by atoms with Gasteiger partial charge >= 0.3 is 0 Å². The van der Waals surface area contributed by atoms with Crippen molar-refractivity contribution < 1.29 is 9.47 Å². The first-order valence-electron chi connectivity index (χ1n) is 9.71. The molecule has 0 unspecified atom stereocenters. The molecule has 0 atom stereocenters. The van der Waals surface area contributed by atoms with Gasteiger partial charge in [0, 0.05) is 27.8 Å². The van der Waals surface area contributed by atoms with Gasteiger partial charge in [-0.05, 0) is 83.7 Å². The van der Waals surface area contributed by atoms with E-state index in [2.05, 4.69) is 53.3 Å². The highest BCUT2D eigenvalue weighted by Gasteiger charge is 2.14. The Kier molecular flexibility index (Phi) is 7.93. The van der Waals surface area contributed by atoms with E-state index in [9.17, 15) is 0 Å². The smallest absolute Gasteiger partial charge is 0.175 e. The van der Waals surface area contributed by atoms with Crippen LogP contribution in [-0.2, 0) is 13.2 Å². The molecular formula is C24H24BrCl2NO2. The molecule has 0 saturated carbocycles. The summed E-state index contributed by atoms with van der Waals surface area (Å²) in [6.07, 6.45) is 0. The highest BCUT2D eigenvalue weighted by Crippen LogP contribution is 2.38. The maximum Gasteiger partial charge on any atom is 0.175 e. The third-order valence-corrected chi connectivity index (χ3v) is 6.02. The van der Waals surface area contributed by atoms with Crippen LogP contribution in [0.5, 0.6) is 11.5 Å². The van der Waals surface area contributed by atoms with Crippen LogP contribution in [0.3, 0.4) is 0 Å². The maximum atomic E-state index is 6.27. The van der Waals surface area contributed by atoms with Crippen LogP contribution in [0, 0.1) is 13.8 Å². The minimum atomic E-state index is 0.314. The molecule has 0 heterocycles. The van der Waals surface area contributed by atoms with Crippen molar-refractivity contribution >= 4 is 44.8 Å². The van der Waals surface area contributed by atoms with E-state index in [0.29, 0.717) is 41.3 Å². The molecule has 158 valence electrons. The van der Waals surface area contributed by atoms with Crippen molar-refractivity contribution in [3.8, 4) is 11.5 Å². The van der Waals surface area contributed by atoms with E-state index in [-0.39, 0.29) is 0 Å². The van der Waals surface area contributed by atoms with Gasteiger partial charge in [-0.1, -0.05) is 41.4 Å². The predicted molar refractivity (Wildman–Crippen MR) is 129 cm³/mol. The lowest BCUT2D eigenvalue weighted by Crippen LogP contribution is -2.05. The molecule has 0 aliphatic carbocycles. The number of anilines is 1. The molecule has 0 spiro atoms. The average Bonchev–Trinajstić information content (AvgIpc) is 2.70. The van der Waals surface area contributed by atoms with E-state index in [4.69, 9.17) is 32.7 Å². The Balaban J connectivity index is 1.78. The van der Waals surface area contributed by atoms with Gasteiger partial charge in [-0.25, -0.2) is 0 Å². The Morgan fingerprint density at radius 2 is 1.80 bits per heavy atom. The summed E-state index contributed by atoms with van der Waals surface area (Å²) in [6, 6.07) is 15.7. The Bertz CT molecular complexity index is 1040. The van der Waals surface area contributed by atoms with E-state index in [1.807, 2.05) is 25.1 Å². The van der Waals surface area contributed by atoms with Crippen LogP contribution >= 0.6 is 39.1 Å². The van der Waals surface area contributed by atoms with Gasteiger partial charge in [-0.15, -0.1) is 0 Å². The Morgan fingerprint density at radius 1 is 1.00 bits per heavy atom. The molecule has 30 heavy (non-hydrogen) atoms. The van der Waals surface area contributed by atoms with Crippen LogP contribution in [-0.4, -0.2) is 6.61 Å². The molecule has 1 N–H and O–H groups in total. The standard InChI is InChI=1S/C24H24BrCl2NO2/c1-4-29-23-11-17(13-28-22-7-5-6-15(2)16(22)3)10-20(25)24(23)30-14-18-8-9-19(26)12-21(18)27/h5-12,28H,4,13-14H2,1-3H3. The van der Waals surface area contributed by atoms with Gasteiger partial charge in [-0.2, -0.15) is 0 Å². The van der Waals surface area contributed by atoms with Gasteiger partial charge < -0.3 is 14.8 Å². The molecule has 3 aromatic carbocycles. The first-order valence-corrected chi connectivity index (χ1v) is 11.3. The molecule has 0 saturated heterocycles. The van der Waals surface area contributed by atoms with E-state index < -0.39 is 0 Å². The van der Waals surface area contributed by atoms with E-state index >= 15 is 0 Å². The quantitative estimate of drug-likeness (QED) is 0.334. The van der Waals surface area contributed by atoms with Crippen molar-refractivity contribution in [3.05, 3.63) is 85.3 Å². The van der Waals surface area contributed by atoms with Crippen molar-refractivity contribution in [2.75, 3.05) is 11.9 Å². The number of halogens is 3. The second kappa shape index (κ2) is 10.4. The number of ether oxygens (including phenoxy) is 2. The van der Waals surface area contributed by atoms with Crippen LogP contribution in [0.25, 0.3) is 0 Å². The lowest BCUT2D eigenvalue weighted by Gasteiger charge is -2.17. The van der Waals surface area contributed by atoms with Crippen LogP contribution in [0.1, 0.15) is 29.2 Å². The summed E-state index contributed by atoms with van der Waals surface area (Å²) in [5, 5.41) is 4.68. The minimum Gasteiger partial charge on any atom is -0.490 e. The molecule has 0 radical (unpaired) electrons. The SMILES string of the molecule is CCOc1cc(CNc2cccc(C)c2C)cc(Br)c1OCc1ccc(Cl)cc1Cl.